The summed E-state index contributed by atoms with van der Waals surface area (Å²) in [6.07, 6.45) is 2.57. The maximum atomic E-state index is 12.2. The minimum Gasteiger partial charge on any atom is -0.478 e. The molecule has 0 saturated heterocycles. The minimum atomic E-state index is -0.989. The second-order valence-corrected chi connectivity index (χ2v) is 4.48. The van der Waals surface area contributed by atoms with Crippen molar-refractivity contribution in [2.75, 3.05) is 6.54 Å². The molecule has 0 fully saturated rings. The molecule has 0 atom stereocenters. The zero-order valence-corrected chi connectivity index (χ0v) is 11.5. The lowest BCUT2D eigenvalue weighted by atomic mass is 10.1. The van der Waals surface area contributed by atoms with Crippen LogP contribution in [0.25, 0.3) is 6.08 Å². The van der Waals surface area contributed by atoms with E-state index >= 15 is 0 Å². The Morgan fingerprint density at radius 3 is 2.26 bits per heavy atom. The molecule has 0 unspecified atom stereocenters. The average Bonchev–Trinajstić information content (AvgIpc) is 2.37. The fourth-order valence-electron chi connectivity index (χ4n) is 1.81. The van der Waals surface area contributed by atoms with Gasteiger partial charge >= 0.3 is 5.97 Å². The van der Waals surface area contributed by atoms with Gasteiger partial charge in [0.2, 0.25) is 0 Å². The van der Waals surface area contributed by atoms with E-state index in [0.29, 0.717) is 12.1 Å². The number of amides is 1. The van der Waals surface area contributed by atoms with E-state index in [0.717, 1.165) is 11.6 Å². The lowest BCUT2D eigenvalue weighted by Crippen LogP contribution is -2.36. The number of carbonyl (C=O) groups is 2. The quantitative estimate of drug-likeness (QED) is 0.829. The van der Waals surface area contributed by atoms with Crippen LogP contribution in [-0.2, 0) is 4.79 Å². The van der Waals surface area contributed by atoms with Crippen molar-refractivity contribution in [3.8, 4) is 0 Å². The van der Waals surface area contributed by atoms with Crippen LogP contribution in [0.3, 0.4) is 0 Å². The van der Waals surface area contributed by atoms with Crippen molar-refractivity contribution in [1.29, 1.82) is 0 Å². The van der Waals surface area contributed by atoms with E-state index in [1.165, 1.54) is 6.08 Å². The summed E-state index contributed by atoms with van der Waals surface area (Å²) in [5.41, 5.74) is 1.37. The van der Waals surface area contributed by atoms with Gasteiger partial charge in [-0.05, 0) is 44.5 Å². The normalized spacial score (nSPS) is 10.9. The number of rotatable bonds is 5. The maximum absolute atomic E-state index is 12.2. The van der Waals surface area contributed by atoms with E-state index in [1.807, 2.05) is 20.8 Å². The molecule has 1 aromatic rings. The van der Waals surface area contributed by atoms with Gasteiger partial charge in [0.1, 0.15) is 0 Å². The molecule has 0 radical (unpaired) electrons. The monoisotopic (exact) mass is 261 g/mol. The number of carbonyl (C=O) groups excluding carboxylic acids is 1. The van der Waals surface area contributed by atoms with Gasteiger partial charge in [-0.25, -0.2) is 4.79 Å². The third kappa shape index (κ3) is 4.25. The molecule has 0 aliphatic rings. The Morgan fingerprint density at radius 1 is 1.26 bits per heavy atom. The molecular formula is C15H19NO3. The first-order valence-electron chi connectivity index (χ1n) is 6.27. The van der Waals surface area contributed by atoms with Crippen LogP contribution >= 0.6 is 0 Å². The predicted molar refractivity (Wildman–Crippen MR) is 75.0 cm³/mol. The van der Waals surface area contributed by atoms with Crippen LogP contribution in [0.15, 0.2) is 30.3 Å². The van der Waals surface area contributed by atoms with Crippen LogP contribution in [0.2, 0.25) is 0 Å². The van der Waals surface area contributed by atoms with Crippen LogP contribution in [0.5, 0.6) is 0 Å². The molecule has 102 valence electrons. The Morgan fingerprint density at radius 2 is 1.84 bits per heavy atom. The Balaban J connectivity index is 2.86. The third-order valence-corrected chi connectivity index (χ3v) is 2.80. The van der Waals surface area contributed by atoms with Gasteiger partial charge in [-0.3, -0.25) is 4.79 Å². The average molecular weight is 261 g/mol. The summed E-state index contributed by atoms with van der Waals surface area (Å²) >= 11 is 0. The topological polar surface area (TPSA) is 57.6 Å². The summed E-state index contributed by atoms with van der Waals surface area (Å²) in [6, 6.07) is 7.06. The van der Waals surface area contributed by atoms with Gasteiger partial charge in [0.05, 0.1) is 0 Å². The summed E-state index contributed by atoms with van der Waals surface area (Å²) in [6.45, 7) is 6.57. The van der Waals surface area contributed by atoms with E-state index in [1.54, 1.807) is 29.2 Å². The molecule has 0 saturated carbocycles. The molecule has 0 aliphatic heterocycles. The van der Waals surface area contributed by atoms with E-state index in [-0.39, 0.29) is 11.9 Å². The SMILES string of the molecule is CCN(C(=O)c1ccc(/C=C/C(=O)O)cc1)C(C)C. The Kier molecular flexibility index (Phi) is 5.30. The molecule has 0 aliphatic carbocycles. The fraction of sp³-hybridized carbons (Fsp3) is 0.333. The van der Waals surface area contributed by atoms with Crippen LogP contribution < -0.4 is 0 Å². The van der Waals surface area contributed by atoms with Gasteiger partial charge in [-0.1, -0.05) is 12.1 Å². The molecule has 0 aromatic heterocycles. The largest absolute Gasteiger partial charge is 0.478 e. The minimum absolute atomic E-state index is 0.00809. The van der Waals surface area contributed by atoms with Crippen molar-refractivity contribution in [3.05, 3.63) is 41.5 Å². The predicted octanol–water partition coefficient (Wildman–Crippen LogP) is 2.65. The van der Waals surface area contributed by atoms with Gasteiger partial charge in [0.15, 0.2) is 0 Å². The molecule has 1 amide bonds. The van der Waals surface area contributed by atoms with Crippen LogP contribution in [0, 0.1) is 0 Å². The molecule has 1 aromatic carbocycles. The lowest BCUT2D eigenvalue weighted by molar-refractivity contribution is -0.131. The second-order valence-electron chi connectivity index (χ2n) is 4.48. The van der Waals surface area contributed by atoms with Crippen molar-refractivity contribution >= 4 is 18.0 Å². The highest BCUT2D eigenvalue weighted by molar-refractivity contribution is 5.94. The molecule has 1 N–H and O–H groups in total. The maximum Gasteiger partial charge on any atom is 0.328 e. The van der Waals surface area contributed by atoms with Crippen molar-refractivity contribution in [2.24, 2.45) is 0 Å². The molecular weight excluding hydrogens is 242 g/mol. The van der Waals surface area contributed by atoms with Crippen LogP contribution in [0.1, 0.15) is 36.7 Å². The van der Waals surface area contributed by atoms with E-state index in [2.05, 4.69) is 0 Å². The van der Waals surface area contributed by atoms with Crippen molar-refractivity contribution in [1.82, 2.24) is 4.90 Å². The summed E-state index contributed by atoms with van der Waals surface area (Å²) in [7, 11) is 0. The van der Waals surface area contributed by atoms with Crippen LogP contribution in [-0.4, -0.2) is 34.5 Å². The van der Waals surface area contributed by atoms with Crippen LogP contribution in [0.4, 0.5) is 0 Å². The van der Waals surface area contributed by atoms with Gasteiger partial charge in [-0.15, -0.1) is 0 Å². The zero-order valence-electron chi connectivity index (χ0n) is 11.5. The Bertz CT molecular complexity index is 475. The standard InChI is InChI=1S/C15H19NO3/c1-4-16(11(2)3)15(19)13-8-5-12(6-9-13)7-10-14(17)18/h5-11H,4H2,1-3H3,(H,17,18)/b10-7+. The zero-order chi connectivity index (χ0) is 14.4. The third-order valence-electron chi connectivity index (χ3n) is 2.80. The Labute approximate surface area is 113 Å². The van der Waals surface area contributed by atoms with Gasteiger partial charge < -0.3 is 10.0 Å². The highest BCUT2D eigenvalue weighted by Crippen LogP contribution is 2.11. The summed E-state index contributed by atoms with van der Waals surface area (Å²) in [5, 5.41) is 8.54. The fourth-order valence-corrected chi connectivity index (χ4v) is 1.81. The molecule has 0 heterocycles. The summed E-state index contributed by atoms with van der Waals surface area (Å²) < 4.78 is 0. The van der Waals surface area contributed by atoms with Crippen molar-refractivity contribution < 1.29 is 14.7 Å². The number of benzene rings is 1. The number of carboxylic acid groups (broad SMARTS) is 1. The van der Waals surface area contributed by atoms with Gasteiger partial charge in [0.25, 0.3) is 5.91 Å². The van der Waals surface area contributed by atoms with E-state index < -0.39 is 5.97 Å². The molecule has 4 heteroatoms. The molecule has 0 bridgehead atoms. The molecule has 0 spiro atoms. The number of hydrogen-bond donors (Lipinski definition) is 1. The lowest BCUT2D eigenvalue weighted by Gasteiger charge is -2.25. The molecule has 4 nitrogen and oxygen atoms in total. The Hall–Kier alpha value is -2.10. The first-order valence-corrected chi connectivity index (χ1v) is 6.27. The van der Waals surface area contributed by atoms with E-state index in [9.17, 15) is 9.59 Å². The first kappa shape index (κ1) is 15.0. The highest BCUT2D eigenvalue weighted by Gasteiger charge is 2.16. The van der Waals surface area contributed by atoms with Gasteiger partial charge in [-0.2, -0.15) is 0 Å². The van der Waals surface area contributed by atoms with Crippen molar-refractivity contribution in [2.45, 2.75) is 26.8 Å². The van der Waals surface area contributed by atoms with E-state index in [4.69, 9.17) is 5.11 Å². The molecule has 19 heavy (non-hydrogen) atoms. The second kappa shape index (κ2) is 6.73. The highest BCUT2D eigenvalue weighted by atomic mass is 16.4. The number of carboxylic acids is 1. The summed E-state index contributed by atoms with van der Waals surface area (Å²) in [4.78, 5) is 24.4. The summed E-state index contributed by atoms with van der Waals surface area (Å²) in [5.74, 6) is -0.997. The van der Waals surface area contributed by atoms with Crippen molar-refractivity contribution in [3.63, 3.8) is 0 Å². The number of hydrogen-bond acceptors (Lipinski definition) is 2. The van der Waals surface area contributed by atoms with Gasteiger partial charge in [0, 0.05) is 24.2 Å². The first-order chi connectivity index (χ1) is 8.95. The molecule has 1 rings (SSSR count). The number of aliphatic carboxylic acids is 1. The number of nitrogens with zero attached hydrogens (tertiary/aromatic N) is 1. The smallest absolute Gasteiger partial charge is 0.328 e.